The van der Waals surface area contributed by atoms with Gasteiger partial charge in [-0.2, -0.15) is 0 Å². The van der Waals surface area contributed by atoms with Crippen LogP contribution >= 0.6 is 15.9 Å². The molecule has 1 aromatic rings. The Hall–Kier alpha value is -0.380. The van der Waals surface area contributed by atoms with Crippen LogP contribution in [-0.4, -0.2) is 27.3 Å². The molecule has 1 N–H and O–H groups in total. The lowest BCUT2D eigenvalue weighted by Crippen LogP contribution is -2.27. The largest absolute Gasteiger partial charge is 0.385 e. The molecule has 0 amide bonds. The maximum absolute atomic E-state index is 5.19. The Labute approximate surface area is 119 Å². The maximum Gasteiger partial charge on any atom is 0.0464 e. The van der Waals surface area contributed by atoms with E-state index in [0.717, 1.165) is 26.0 Å². The van der Waals surface area contributed by atoms with Crippen molar-refractivity contribution in [2.45, 2.75) is 19.8 Å². The van der Waals surface area contributed by atoms with Gasteiger partial charge in [0.1, 0.15) is 0 Å². The van der Waals surface area contributed by atoms with Gasteiger partial charge in [-0.3, -0.25) is 0 Å². The minimum Gasteiger partial charge on any atom is -0.385 e. The first-order valence-electron chi connectivity index (χ1n) is 6.56. The summed E-state index contributed by atoms with van der Waals surface area (Å²) in [4.78, 5) is 0. The molecule has 0 fully saturated rings. The van der Waals surface area contributed by atoms with Gasteiger partial charge in [0.15, 0.2) is 0 Å². The second-order valence-electron chi connectivity index (χ2n) is 4.87. The average molecular weight is 314 g/mol. The van der Waals surface area contributed by atoms with E-state index in [2.05, 4.69) is 52.4 Å². The molecule has 3 heteroatoms. The van der Waals surface area contributed by atoms with E-state index < -0.39 is 0 Å². The van der Waals surface area contributed by atoms with E-state index in [9.17, 15) is 0 Å². The van der Waals surface area contributed by atoms with Crippen molar-refractivity contribution >= 4 is 15.9 Å². The van der Waals surface area contributed by atoms with Crippen LogP contribution in [0.4, 0.5) is 0 Å². The molecule has 0 saturated carbocycles. The maximum atomic E-state index is 5.19. The fourth-order valence-corrected chi connectivity index (χ4v) is 2.67. The van der Waals surface area contributed by atoms with Gasteiger partial charge >= 0.3 is 0 Å². The van der Waals surface area contributed by atoms with E-state index >= 15 is 0 Å². The zero-order valence-corrected chi connectivity index (χ0v) is 13.2. The predicted molar refractivity (Wildman–Crippen MR) is 80.9 cm³/mol. The van der Waals surface area contributed by atoms with Crippen molar-refractivity contribution in [3.8, 4) is 0 Å². The molecule has 102 valence electrons. The van der Waals surface area contributed by atoms with Crippen LogP contribution < -0.4 is 5.32 Å². The van der Waals surface area contributed by atoms with Gasteiger partial charge in [-0.05, 0) is 49.9 Å². The Balaban J connectivity index is 2.64. The van der Waals surface area contributed by atoms with Gasteiger partial charge in [-0.15, -0.1) is 0 Å². The van der Waals surface area contributed by atoms with Crippen molar-refractivity contribution in [2.24, 2.45) is 11.8 Å². The Kier molecular flexibility index (Phi) is 7.56. The number of hydrogen-bond donors (Lipinski definition) is 1. The average Bonchev–Trinajstić information content (AvgIpc) is 2.38. The molecule has 18 heavy (non-hydrogen) atoms. The molecular formula is C15H24BrNO. The Morgan fingerprint density at radius 1 is 1.33 bits per heavy atom. The molecule has 0 saturated heterocycles. The van der Waals surface area contributed by atoms with Crippen LogP contribution in [0, 0.1) is 11.8 Å². The third-order valence-electron chi connectivity index (χ3n) is 3.49. The van der Waals surface area contributed by atoms with Crippen LogP contribution in [0.25, 0.3) is 0 Å². The lowest BCUT2D eigenvalue weighted by Gasteiger charge is -2.24. The minimum atomic E-state index is 0.642. The molecule has 0 aromatic heterocycles. The second kappa shape index (κ2) is 8.68. The van der Waals surface area contributed by atoms with Gasteiger partial charge in [-0.25, -0.2) is 0 Å². The summed E-state index contributed by atoms with van der Waals surface area (Å²) in [5.74, 6) is 1.30. The van der Waals surface area contributed by atoms with E-state index in [1.165, 1.54) is 10.0 Å². The van der Waals surface area contributed by atoms with Gasteiger partial charge in [0.25, 0.3) is 0 Å². The topological polar surface area (TPSA) is 21.3 Å². The molecule has 1 rings (SSSR count). The Morgan fingerprint density at radius 3 is 2.67 bits per heavy atom. The zero-order chi connectivity index (χ0) is 13.4. The van der Waals surface area contributed by atoms with Crippen molar-refractivity contribution < 1.29 is 4.74 Å². The number of hydrogen-bond acceptors (Lipinski definition) is 2. The molecule has 2 unspecified atom stereocenters. The predicted octanol–water partition coefficient (Wildman–Crippen LogP) is 3.50. The SMILES string of the molecule is CNCC(Cc1ccccc1Br)C(C)CCOC. The first kappa shape index (κ1) is 15.7. The summed E-state index contributed by atoms with van der Waals surface area (Å²) in [5.41, 5.74) is 1.39. The summed E-state index contributed by atoms with van der Waals surface area (Å²) in [6, 6.07) is 8.49. The molecule has 0 aliphatic carbocycles. The van der Waals surface area contributed by atoms with Crippen LogP contribution in [0.2, 0.25) is 0 Å². The summed E-state index contributed by atoms with van der Waals surface area (Å²) >= 11 is 3.63. The molecular weight excluding hydrogens is 290 g/mol. The summed E-state index contributed by atoms with van der Waals surface area (Å²) in [7, 11) is 3.80. The number of methoxy groups -OCH3 is 1. The number of nitrogens with one attached hydrogen (secondary N) is 1. The van der Waals surface area contributed by atoms with E-state index in [4.69, 9.17) is 4.74 Å². The molecule has 0 heterocycles. The van der Waals surface area contributed by atoms with Crippen molar-refractivity contribution in [3.05, 3.63) is 34.3 Å². The van der Waals surface area contributed by atoms with Gasteiger partial charge in [0, 0.05) is 18.2 Å². The molecule has 0 aliphatic heterocycles. The highest BCUT2D eigenvalue weighted by molar-refractivity contribution is 9.10. The van der Waals surface area contributed by atoms with E-state index in [0.29, 0.717) is 11.8 Å². The van der Waals surface area contributed by atoms with Crippen LogP contribution in [0.5, 0.6) is 0 Å². The fourth-order valence-electron chi connectivity index (χ4n) is 2.22. The van der Waals surface area contributed by atoms with Gasteiger partial charge in [0.2, 0.25) is 0 Å². The van der Waals surface area contributed by atoms with Crippen molar-refractivity contribution in [1.82, 2.24) is 5.32 Å². The monoisotopic (exact) mass is 313 g/mol. The van der Waals surface area contributed by atoms with E-state index in [1.54, 1.807) is 7.11 Å². The van der Waals surface area contributed by atoms with Crippen LogP contribution in [0.15, 0.2) is 28.7 Å². The lowest BCUT2D eigenvalue weighted by molar-refractivity contribution is 0.164. The van der Waals surface area contributed by atoms with Crippen molar-refractivity contribution in [2.75, 3.05) is 27.3 Å². The quantitative estimate of drug-likeness (QED) is 0.793. The lowest BCUT2D eigenvalue weighted by atomic mass is 9.86. The van der Waals surface area contributed by atoms with Gasteiger partial charge < -0.3 is 10.1 Å². The van der Waals surface area contributed by atoms with E-state index in [-0.39, 0.29) is 0 Å². The summed E-state index contributed by atoms with van der Waals surface area (Å²) in [5, 5.41) is 3.31. The summed E-state index contributed by atoms with van der Waals surface area (Å²) in [6.45, 7) is 4.21. The van der Waals surface area contributed by atoms with Crippen LogP contribution in [-0.2, 0) is 11.2 Å². The number of halogens is 1. The molecule has 2 nitrogen and oxygen atoms in total. The zero-order valence-electron chi connectivity index (χ0n) is 11.6. The standard InChI is InChI=1S/C15H24BrNO/c1-12(8-9-18-3)14(11-17-2)10-13-6-4-5-7-15(13)16/h4-7,12,14,17H,8-11H2,1-3H3. The Morgan fingerprint density at radius 2 is 2.06 bits per heavy atom. The van der Waals surface area contributed by atoms with Crippen molar-refractivity contribution in [3.63, 3.8) is 0 Å². The molecule has 0 bridgehead atoms. The molecule has 0 radical (unpaired) electrons. The number of ether oxygens (including phenoxy) is 1. The molecule has 2 atom stereocenters. The van der Waals surface area contributed by atoms with Gasteiger partial charge in [-0.1, -0.05) is 41.1 Å². The number of rotatable bonds is 8. The molecule has 0 spiro atoms. The van der Waals surface area contributed by atoms with Crippen LogP contribution in [0.3, 0.4) is 0 Å². The summed E-state index contributed by atoms with van der Waals surface area (Å²) < 4.78 is 6.40. The minimum absolute atomic E-state index is 0.642. The highest BCUT2D eigenvalue weighted by atomic mass is 79.9. The number of benzene rings is 1. The third kappa shape index (κ3) is 5.09. The first-order valence-corrected chi connectivity index (χ1v) is 7.35. The highest BCUT2D eigenvalue weighted by Gasteiger charge is 2.17. The summed E-state index contributed by atoms with van der Waals surface area (Å²) in [6.07, 6.45) is 2.22. The van der Waals surface area contributed by atoms with Crippen LogP contribution in [0.1, 0.15) is 18.9 Å². The fraction of sp³-hybridized carbons (Fsp3) is 0.600. The first-order chi connectivity index (χ1) is 8.69. The molecule has 1 aromatic carbocycles. The Bertz CT molecular complexity index is 343. The normalized spacial score (nSPS) is 14.4. The van der Waals surface area contributed by atoms with E-state index in [1.807, 2.05) is 7.05 Å². The third-order valence-corrected chi connectivity index (χ3v) is 4.26. The highest BCUT2D eigenvalue weighted by Crippen LogP contribution is 2.24. The second-order valence-corrected chi connectivity index (χ2v) is 5.73. The van der Waals surface area contributed by atoms with Crippen molar-refractivity contribution in [1.29, 1.82) is 0 Å². The molecule has 0 aliphatic rings. The smallest absolute Gasteiger partial charge is 0.0464 e. The van der Waals surface area contributed by atoms with Gasteiger partial charge in [0.05, 0.1) is 0 Å².